The van der Waals surface area contributed by atoms with Crippen molar-refractivity contribution in [2.24, 2.45) is 17.6 Å². The molecule has 0 radical (unpaired) electrons. The predicted octanol–water partition coefficient (Wildman–Crippen LogP) is 2.35. The van der Waals surface area contributed by atoms with Crippen LogP contribution in [0.5, 0.6) is 0 Å². The quantitative estimate of drug-likeness (QED) is 0.826. The lowest BCUT2D eigenvalue weighted by atomic mass is 9.68. The van der Waals surface area contributed by atoms with E-state index in [1.165, 1.54) is 12.8 Å². The molecule has 4 heteroatoms. The van der Waals surface area contributed by atoms with Gasteiger partial charge in [0.25, 0.3) is 0 Å². The smallest absolute Gasteiger partial charge is 0.150 e. The van der Waals surface area contributed by atoms with Gasteiger partial charge in [0.15, 0.2) is 0 Å². The molecule has 3 nitrogen and oxygen atoms in total. The maximum atomic E-state index is 11.5. The van der Waals surface area contributed by atoms with E-state index in [2.05, 4.69) is 13.8 Å². The zero-order valence-electron chi connectivity index (χ0n) is 11.4. The van der Waals surface area contributed by atoms with E-state index in [1.807, 2.05) is 0 Å². The summed E-state index contributed by atoms with van der Waals surface area (Å²) in [4.78, 5) is 0. The molecule has 0 aromatic rings. The van der Waals surface area contributed by atoms with Crippen LogP contribution >= 0.6 is 0 Å². The van der Waals surface area contributed by atoms with Crippen molar-refractivity contribution in [3.05, 3.63) is 0 Å². The van der Waals surface area contributed by atoms with Crippen LogP contribution in [-0.4, -0.2) is 25.5 Å². The number of rotatable bonds is 5. The first-order valence-electron chi connectivity index (χ1n) is 6.78. The first-order chi connectivity index (χ1) is 7.79. The minimum absolute atomic E-state index is 0.138. The van der Waals surface area contributed by atoms with E-state index in [4.69, 9.17) is 5.73 Å². The van der Waals surface area contributed by atoms with Gasteiger partial charge in [-0.3, -0.25) is 0 Å². The Hall–Kier alpha value is -0.0900. The van der Waals surface area contributed by atoms with Gasteiger partial charge < -0.3 is 5.73 Å². The number of nitrogens with two attached hydrogens (primary N) is 1. The summed E-state index contributed by atoms with van der Waals surface area (Å²) < 4.78 is 22.9. The normalized spacial score (nSPS) is 34.8. The van der Waals surface area contributed by atoms with Gasteiger partial charge in [0.05, 0.1) is 5.75 Å². The van der Waals surface area contributed by atoms with Crippen LogP contribution in [0.25, 0.3) is 0 Å². The van der Waals surface area contributed by atoms with Gasteiger partial charge in [0, 0.05) is 11.3 Å². The third-order valence-corrected chi connectivity index (χ3v) is 6.13. The van der Waals surface area contributed by atoms with Crippen LogP contribution in [0.2, 0.25) is 0 Å². The Bertz CT molecular complexity index is 339. The van der Waals surface area contributed by atoms with Crippen molar-refractivity contribution >= 4 is 9.84 Å². The highest BCUT2D eigenvalue weighted by molar-refractivity contribution is 7.91. The van der Waals surface area contributed by atoms with Crippen molar-refractivity contribution in [1.82, 2.24) is 0 Å². The van der Waals surface area contributed by atoms with Crippen LogP contribution in [0.1, 0.15) is 52.9 Å². The fourth-order valence-electron chi connectivity index (χ4n) is 2.89. The molecule has 1 aliphatic rings. The molecule has 102 valence electrons. The molecule has 1 saturated carbocycles. The van der Waals surface area contributed by atoms with Crippen LogP contribution in [0.4, 0.5) is 0 Å². The molecule has 0 spiro atoms. The lowest BCUT2D eigenvalue weighted by Gasteiger charge is -2.42. The summed E-state index contributed by atoms with van der Waals surface area (Å²) in [7, 11) is -2.83. The summed E-state index contributed by atoms with van der Waals surface area (Å²) in [6, 6.07) is 0. The largest absolute Gasteiger partial charge is 0.325 e. The van der Waals surface area contributed by atoms with E-state index in [1.54, 1.807) is 6.92 Å². The minimum Gasteiger partial charge on any atom is -0.325 e. The van der Waals surface area contributed by atoms with Crippen molar-refractivity contribution < 1.29 is 8.42 Å². The first-order valence-corrected chi connectivity index (χ1v) is 8.60. The van der Waals surface area contributed by atoms with Gasteiger partial charge in [-0.1, -0.05) is 27.2 Å². The second kappa shape index (κ2) is 5.70. The number of hydrogen-bond acceptors (Lipinski definition) is 3. The Morgan fingerprint density at radius 3 is 2.53 bits per heavy atom. The fraction of sp³-hybridized carbons (Fsp3) is 1.00. The maximum Gasteiger partial charge on any atom is 0.150 e. The summed E-state index contributed by atoms with van der Waals surface area (Å²) in [5.41, 5.74) is 6.33. The molecule has 0 aromatic carbocycles. The molecular weight excluding hydrogens is 234 g/mol. The van der Waals surface area contributed by atoms with Gasteiger partial charge in [0.1, 0.15) is 9.84 Å². The Morgan fingerprint density at radius 2 is 1.94 bits per heavy atom. The van der Waals surface area contributed by atoms with Crippen LogP contribution in [-0.2, 0) is 9.84 Å². The highest BCUT2D eigenvalue weighted by atomic mass is 32.2. The minimum atomic E-state index is -2.83. The van der Waals surface area contributed by atoms with Crippen molar-refractivity contribution in [1.29, 1.82) is 0 Å². The van der Waals surface area contributed by atoms with Crippen LogP contribution < -0.4 is 5.73 Å². The zero-order chi connectivity index (χ0) is 13.1. The van der Waals surface area contributed by atoms with E-state index in [9.17, 15) is 8.42 Å². The van der Waals surface area contributed by atoms with Crippen molar-refractivity contribution in [3.63, 3.8) is 0 Å². The highest BCUT2D eigenvalue weighted by Gasteiger charge is 2.36. The van der Waals surface area contributed by atoms with E-state index in [-0.39, 0.29) is 11.3 Å². The van der Waals surface area contributed by atoms with Gasteiger partial charge >= 0.3 is 0 Å². The van der Waals surface area contributed by atoms with Crippen LogP contribution in [0, 0.1) is 11.8 Å². The summed E-state index contributed by atoms with van der Waals surface area (Å²) >= 11 is 0. The average molecular weight is 261 g/mol. The van der Waals surface area contributed by atoms with Crippen molar-refractivity contribution in [2.45, 2.75) is 58.4 Å². The molecule has 1 rings (SSSR count). The lowest BCUT2D eigenvalue weighted by Crippen LogP contribution is -2.50. The lowest BCUT2D eigenvalue weighted by molar-refractivity contribution is 0.150. The molecule has 1 aliphatic carbocycles. The van der Waals surface area contributed by atoms with Gasteiger partial charge in [-0.25, -0.2) is 8.42 Å². The molecule has 0 amide bonds. The van der Waals surface area contributed by atoms with Gasteiger partial charge in [-0.2, -0.15) is 0 Å². The zero-order valence-corrected chi connectivity index (χ0v) is 12.2. The second-order valence-electron chi connectivity index (χ2n) is 5.86. The maximum absolute atomic E-state index is 11.5. The monoisotopic (exact) mass is 261 g/mol. The standard InChI is InChI=1S/C13H27NO2S/c1-4-17(15,16)9-5-8-13(14)10-11(2)6-7-12(13)3/h11-12H,4-10,14H2,1-3H3. The summed E-state index contributed by atoms with van der Waals surface area (Å²) in [5.74, 6) is 1.74. The topological polar surface area (TPSA) is 60.2 Å². The predicted molar refractivity (Wildman–Crippen MR) is 72.7 cm³/mol. The first kappa shape index (κ1) is 15.0. The molecule has 2 N–H and O–H groups in total. The second-order valence-corrected chi connectivity index (χ2v) is 8.33. The molecule has 3 atom stereocenters. The van der Waals surface area contributed by atoms with Crippen LogP contribution in [0.3, 0.4) is 0 Å². The Balaban J connectivity index is 2.49. The molecule has 3 unspecified atom stereocenters. The van der Waals surface area contributed by atoms with Gasteiger partial charge in [-0.05, 0) is 37.5 Å². The van der Waals surface area contributed by atoms with Crippen molar-refractivity contribution in [2.75, 3.05) is 11.5 Å². The van der Waals surface area contributed by atoms with E-state index < -0.39 is 9.84 Å². The molecule has 1 fully saturated rings. The Kier molecular flexibility index (Phi) is 5.02. The number of hydrogen-bond donors (Lipinski definition) is 1. The molecule has 0 bridgehead atoms. The Labute approximate surface area is 106 Å². The molecule has 17 heavy (non-hydrogen) atoms. The summed E-state index contributed by atoms with van der Waals surface area (Å²) in [6.45, 7) is 6.16. The van der Waals surface area contributed by atoms with Gasteiger partial charge in [0.2, 0.25) is 0 Å². The Morgan fingerprint density at radius 1 is 1.29 bits per heavy atom. The average Bonchev–Trinajstić information content (AvgIpc) is 2.24. The summed E-state index contributed by atoms with van der Waals surface area (Å²) in [5, 5.41) is 0. The molecular formula is C13H27NO2S. The third kappa shape index (κ3) is 4.25. The highest BCUT2D eigenvalue weighted by Crippen LogP contribution is 2.37. The number of sulfone groups is 1. The molecule has 0 saturated heterocycles. The molecule has 0 aliphatic heterocycles. The van der Waals surface area contributed by atoms with Crippen molar-refractivity contribution in [3.8, 4) is 0 Å². The van der Waals surface area contributed by atoms with E-state index >= 15 is 0 Å². The SMILES string of the molecule is CCS(=O)(=O)CCCC1(N)CC(C)CCC1C. The van der Waals surface area contributed by atoms with Gasteiger partial charge in [-0.15, -0.1) is 0 Å². The van der Waals surface area contributed by atoms with E-state index in [0.717, 1.165) is 12.8 Å². The fourth-order valence-corrected chi connectivity index (χ4v) is 3.76. The third-order valence-electron chi connectivity index (χ3n) is 4.34. The molecule has 0 aromatic heterocycles. The van der Waals surface area contributed by atoms with Crippen LogP contribution in [0.15, 0.2) is 0 Å². The summed E-state index contributed by atoms with van der Waals surface area (Å²) in [6.07, 6.45) is 5.04. The molecule has 0 heterocycles. The van der Waals surface area contributed by atoms with E-state index in [0.29, 0.717) is 24.0 Å².